The summed E-state index contributed by atoms with van der Waals surface area (Å²) in [6.45, 7) is 15.0. The van der Waals surface area contributed by atoms with Crippen molar-refractivity contribution < 1.29 is 95.3 Å². The molecule has 3 unspecified atom stereocenters. The Morgan fingerprint density at radius 2 is 0.812 bits per heavy atom. The molecule has 0 bridgehead atoms. The van der Waals surface area contributed by atoms with Crippen LogP contribution in [0.4, 0.5) is 4.79 Å². The molecular weight excluding hydrogens is 1070 g/mol. The number of fused-ring (bicyclic) bond motifs is 1. The summed E-state index contributed by atoms with van der Waals surface area (Å²) in [5.74, 6) is 0.549. The van der Waals surface area contributed by atoms with Gasteiger partial charge in [0.1, 0.15) is 5.75 Å². The molecule has 1 aromatic rings. The molecule has 0 spiro atoms. The first kappa shape index (κ1) is 70.7. The quantitative estimate of drug-likeness (QED) is 0.0398. The highest BCUT2D eigenvalue weighted by molar-refractivity contribution is 8.00. The summed E-state index contributed by atoms with van der Waals surface area (Å²) in [5.41, 5.74) is 0.250. The van der Waals surface area contributed by atoms with E-state index in [-0.39, 0.29) is 53.6 Å². The van der Waals surface area contributed by atoms with E-state index in [0.717, 1.165) is 25.0 Å². The molecule has 3 atom stereocenters. The maximum Gasteiger partial charge on any atom is 0.315 e. The Bertz CT molecular complexity index is 1670. The van der Waals surface area contributed by atoms with Crippen LogP contribution in [-0.2, 0) is 80.6 Å². The number of para-hydroxylation sites is 1. The van der Waals surface area contributed by atoms with Crippen LogP contribution in [0.1, 0.15) is 55.3 Å². The maximum absolute atomic E-state index is 12.1. The number of unbranched alkanes of at least 4 members (excludes halogenated alkanes) is 1. The van der Waals surface area contributed by atoms with Crippen molar-refractivity contribution in [3.63, 3.8) is 0 Å². The lowest BCUT2D eigenvalue weighted by Gasteiger charge is -2.16. The molecule has 2 aliphatic heterocycles. The fourth-order valence-electron chi connectivity index (χ4n) is 7.48. The average molecular weight is 1170 g/mol. The summed E-state index contributed by atoms with van der Waals surface area (Å²) >= 11 is 1.90. The molecule has 80 heavy (non-hydrogen) atoms. The normalized spacial score (nSPS) is 15.7. The summed E-state index contributed by atoms with van der Waals surface area (Å²) in [4.78, 5) is 47.6. The van der Waals surface area contributed by atoms with Crippen molar-refractivity contribution in [2.24, 2.45) is 0 Å². The summed E-state index contributed by atoms with van der Waals surface area (Å²) in [6.07, 6.45) is 4.91. The zero-order valence-corrected chi connectivity index (χ0v) is 48.0. The molecule has 1 aromatic carbocycles. The van der Waals surface area contributed by atoms with Gasteiger partial charge in [-0.1, -0.05) is 18.6 Å². The molecular formula is C54H95N5O20S. The van der Waals surface area contributed by atoms with E-state index in [2.05, 4.69) is 26.6 Å². The lowest BCUT2D eigenvalue weighted by molar-refractivity contribution is -0.122. The largest absolute Gasteiger partial charge is 0.507 e. The number of hydrogen-bond donors (Lipinski definition) is 6. The fourth-order valence-corrected chi connectivity index (χ4v) is 9.02. The van der Waals surface area contributed by atoms with Crippen LogP contribution in [0, 0.1) is 0 Å². The van der Waals surface area contributed by atoms with E-state index < -0.39 is 0 Å². The van der Waals surface area contributed by atoms with Gasteiger partial charge in [-0.25, -0.2) is 4.79 Å². The van der Waals surface area contributed by atoms with Crippen molar-refractivity contribution in [1.82, 2.24) is 26.6 Å². The lowest BCUT2D eigenvalue weighted by atomic mass is 10.0. The number of phenols is 1. The number of rotatable bonds is 59. The molecule has 462 valence electrons. The Hall–Kier alpha value is -3.55. The first-order chi connectivity index (χ1) is 39.4. The predicted molar refractivity (Wildman–Crippen MR) is 297 cm³/mol. The van der Waals surface area contributed by atoms with Gasteiger partial charge >= 0.3 is 6.03 Å². The number of benzene rings is 1. The summed E-state index contributed by atoms with van der Waals surface area (Å²) in [6, 6.07) is 6.79. The van der Waals surface area contributed by atoms with E-state index in [9.17, 15) is 24.3 Å². The highest BCUT2D eigenvalue weighted by Gasteiger charge is 2.42. The second kappa shape index (κ2) is 52.3. The SMILES string of the molecule is O=C(CCCCC1SCC2NC(=O)NC21)NCCOCCOCCOCCOCCOCCOCCOCCOCCOCCOCCOCCOCCC(=O)NCCCOCCOCCOCCCNC(=O)c1ccccc1O. The van der Waals surface area contributed by atoms with Gasteiger partial charge in [0.05, 0.1) is 203 Å². The van der Waals surface area contributed by atoms with Crippen molar-refractivity contribution in [2.75, 3.05) is 224 Å². The van der Waals surface area contributed by atoms with Crippen molar-refractivity contribution in [3.8, 4) is 5.75 Å². The van der Waals surface area contributed by atoms with Crippen LogP contribution < -0.4 is 26.6 Å². The number of aromatic hydroxyl groups is 1. The third-order valence-electron chi connectivity index (χ3n) is 11.6. The van der Waals surface area contributed by atoms with E-state index in [1.807, 2.05) is 11.8 Å². The highest BCUT2D eigenvalue weighted by Crippen LogP contribution is 2.33. The van der Waals surface area contributed by atoms with Gasteiger partial charge in [0.25, 0.3) is 5.91 Å². The molecule has 26 heteroatoms. The number of nitrogens with one attached hydrogen (secondary N) is 5. The second-order valence-electron chi connectivity index (χ2n) is 18.0. The van der Waals surface area contributed by atoms with Crippen LogP contribution in [0.25, 0.3) is 0 Å². The van der Waals surface area contributed by atoms with Gasteiger partial charge in [-0.3, -0.25) is 14.4 Å². The number of phenolic OH excluding ortho intramolecular Hbond substituents is 1. The van der Waals surface area contributed by atoms with Crippen LogP contribution in [-0.4, -0.2) is 270 Å². The molecule has 2 heterocycles. The predicted octanol–water partition coefficient (Wildman–Crippen LogP) is 1.50. The molecule has 0 saturated carbocycles. The van der Waals surface area contributed by atoms with Gasteiger partial charge in [-0.2, -0.15) is 11.8 Å². The molecule has 0 aromatic heterocycles. The van der Waals surface area contributed by atoms with Gasteiger partial charge in [0.2, 0.25) is 11.8 Å². The molecule has 6 N–H and O–H groups in total. The third-order valence-corrected chi connectivity index (χ3v) is 13.2. The van der Waals surface area contributed by atoms with Gasteiger partial charge in [-0.15, -0.1) is 0 Å². The molecule has 2 saturated heterocycles. The van der Waals surface area contributed by atoms with Crippen molar-refractivity contribution in [2.45, 2.75) is 62.3 Å². The first-order valence-electron chi connectivity index (χ1n) is 28.4. The van der Waals surface area contributed by atoms with Gasteiger partial charge < -0.3 is 103 Å². The molecule has 5 amide bonds. The second-order valence-corrected chi connectivity index (χ2v) is 19.3. The number of urea groups is 1. The van der Waals surface area contributed by atoms with E-state index >= 15 is 0 Å². The smallest absolute Gasteiger partial charge is 0.315 e. The minimum atomic E-state index is -0.317. The average Bonchev–Trinajstić information content (AvgIpc) is 4.02. The van der Waals surface area contributed by atoms with Crippen molar-refractivity contribution in [3.05, 3.63) is 29.8 Å². The van der Waals surface area contributed by atoms with Crippen LogP contribution in [0.15, 0.2) is 24.3 Å². The van der Waals surface area contributed by atoms with Crippen LogP contribution in [0.2, 0.25) is 0 Å². The molecule has 0 radical (unpaired) electrons. The number of thioether (sulfide) groups is 1. The van der Waals surface area contributed by atoms with E-state index in [4.69, 9.17) is 71.1 Å². The standard InChI is InChI=1S/C54H95N5O20S/c60-48-8-2-1-7-46(48)53(63)57-13-6-16-66-20-24-69-23-19-65-15-5-12-55-51(62)11-17-67-21-25-70-27-29-72-31-33-74-35-37-76-39-41-78-43-44-79-42-40-77-38-36-75-34-32-73-30-28-71-26-22-68-18-14-56-50(61)10-4-3-9-49-52-47(45-80-49)58-54(64)59-52/h1-2,7-8,47,49,52,60H,3-6,9-45H2,(H,55,62)(H,56,61)(H,57,63)(H2,58,59,64). The van der Waals surface area contributed by atoms with E-state index in [1.165, 1.54) is 6.07 Å². The molecule has 0 aliphatic carbocycles. The van der Waals surface area contributed by atoms with Gasteiger partial charge in [-0.05, 0) is 37.8 Å². The van der Waals surface area contributed by atoms with Crippen LogP contribution in [0.5, 0.6) is 5.75 Å². The molecule has 2 fully saturated rings. The fraction of sp³-hybridized carbons (Fsp3) is 0.815. The van der Waals surface area contributed by atoms with Crippen LogP contribution >= 0.6 is 11.8 Å². The lowest BCUT2D eigenvalue weighted by Crippen LogP contribution is -2.36. The van der Waals surface area contributed by atoms with Gasteiger partial charge in [0, 0.05) is 56.7 Å². The third kappa shape index (κ3) is 40.6. The zero-order chi connectivity index (χ0) is 56.9. The summed E-state index contributed by atoms with van der Waals surface area (Å²) in [7, 11) is 0. The highest BCUT2D eigenvalue weighted by atomic mass is 32.2. The maximum atomic E-state index is 12.1. The Morgan fingerprint density at radius 1 is 0.438 bits per heavy atom. The Kier molecular flexibility index (Phi) is 46.2. The van der Waals surface area contributed by atoms with Crippen molar-refractivity contribution >= 4 is 35.5 Å². The first-order valence-corrected chi connectivity index (χ1v) is 29.4. The van der Waals surface area contributed by atoms with Crippen molar-refractivity contribution in [1.29, 1.82) is 0 Å². The Morgan fingerprint density at radius 3 is 1.26 bits per heavy atom. The minimum absolute atomic E-state index is 0.0353. The number of ether oxygens (including phenoxy) is 15. The topological polar surface area (TPSA) is 287 Å². The zero-order valence-electron chi connectivity index (χ0n) is 47.1. The molecule has 25 nitrogen and oxygen atoms in total. The van der Waals surface area contributed by atoms with Gasteiger partial charge in [0.15, 0.2) is 0 Å². The van der Waals surface area contributed by atoms with Crippen LogP contribution in [0.3, 0.4) is 0 Å². The number of amides is 5. The van der Waals surface area contributed by atoms with E-state index in [0.29, 0.717) is 242 Å². The summed E-state index contributed by atoms with van der Waals surface area (Å²) < 4.78 is 82.7. The Balaban J connectivity index is 0.867. The molecule has 3 rings (SSSR count). The summed E-state index contributed by atoms with van der Waals surface area (Å²) in [5, 5.41) is 24.6. The number of carbonyl (C=O) groups excluding carboxylic acids is 4. The molecule has 2 aliphatic rings. The number of carbonyl (C=O) groups is 4. The number of hydrogen-bond acceptors (Lipinski definition) is 21. The Labute approximate surface area is 477 Å². The minimum Gasteiger partial charge on any atom is -0.507 e. The van der Waals surface area contributed by atoms with E-state index in [1.54, 1.807) is 18.2 Å². The monoisotopic (exact) mass is 1170 g/mol.